The summed E-state index contributed by atoms with van der Waals surface area (Å²) in [6.07, 6.45) is 0. The van der Waals surface area contributed by atoms with Crippen LogP contribution in [-0.2, 0) is 0 Å². The van der Waals surface area contributed by atoms with Crippen LogP contribution in [0.1, 0.15) is 0 Å². The van der Waals surface area contributed by atoms with Gasteiger partial charge in [0.05, 0.1) is 22.1 Å². The van der Waals surface area contributed by atoms with Gasteiger partial charge >= 0.3 is 0 Å². The maximum atomic E-state index is 2.41. The minimum atomic E-state index is 1.15. The normalized spacial score (nSPS) is 11.8. The van der Waals surface area contributed by atoms with Gasteiger partial charge in [0.2, 0.25) is 0 Å². The molecule has 0 atom stereocenters. The molecule has 270 valence electrons. The summed E-state index contributed by atoms with van der Waals surface area (Å²) in [5.41, 5.74) is 14.5. The Balaban J connectivity index is 0.943. The van der Waals surface area contributed by atoms with Gasteiger partial charge in [-0.25, -0.2) is 0 Å². The fraction of sp³-hybridized carbons (Fsp3) is 0. The summed E-state index contributed by atoms with van der Waals surface area (Å²) in [5.74, 6) is 0. The molecular weight excluding hydrogens is 701 g/mol. The molecule has 0 aliphatic heterocycles. The maximum absolute atomic E-state index is 2.41. The lowest BCUT2D eigenvalue weighted by atomic mass is 9.98. The predicted octanol–water partition coefficient (Wildman–Crippen LogP) is 15.2. The van der Waals surface area contributed by atoms with Crippen LogP contribution in [0.2, 0.25) is 0 Å². The van der Waals surface area contributed by atoms with Crippen LogP contribution in [-0.4, -0.2) is 9.13 Å². The number of benzene rings is 10. The second-order valence-corrected chi connectivity index (χ2v) is 15.3. The highest BCUT2D eigenvalue weighted by molar-refractivity contribution is 6.13. The van der Waals surface area contributed by atoms with Crippen LogP contribution in [0.4, 0.5) is 0 Å². The van der Waals surface area contributed by atoms with Crippen LogP contribution in [0.5, 0.6) is 0 Å². The molecule has 12 rings (SSSR count). The van der Waals surface area contributed by atoms with Crippen molar-refractivity contribution < 1.29 is 0 Å². The Morgan fingerprint density at radius 1 is 0.224 bits per heavy atom. The quantitative estimate of drug-likeness (QED) is 0.167. The third-order valence-electron chi connectivity index (χ3n) is 12.1. The Kier molecular flexibility index (Phi) is 7.26. The first-order chi connectivity index (χ1) is 28.8. The second kappa shape index (κ2) is 12.9. The van der Waals surface area contributed by atoms with Gasteiger partial charge in [0.15, 0.2) is 0 Å². The molecule has 0 radical (unpaired) electrons. The lowest BCUT2D eigenvalue weighted by Gasteiger charge is -2.12. The largest absolute Gasteiger partial charge is 0.309 e. The predicted molar refractivity (Wildman–Crippen MR) is 246 cm³/mol. The molecule has 0 fully saturated rings. The average molecular weight is 737 g/mol. The molecule has 0 saturated carbocycles. The zero-order valence-electron chi connectivity index (χ0n) is 31.7. The molecule has 0 bridgehead atoms. The van der Waals surface area contributed by atoms with E-state index in [9.17, 15) is 0 Å². The molecular formula is C56H36N2. The first kappa shape index (κ1) is 32.6. The zero-order valence-corrected chi connectivity index (χ0v) is 31.7. The van der Waals surface area contributed by atoms with Crippen LogP contribution in [0, 0.1) is 0 Å². The van der Waals surface area contributed by atoms with E-state index in [1.54, 1.807) is 0 Å². The SMILES string of the molecule is c1ccc2c(-c3ccc(-n4c5ccccc5c5cc(-c6ccc7c(c6)c6ccccc6n7-c6ccc(-c7cccc8ccccc78)cc6)ccc54)cc3)cccc2c1. The van der Waals surface area contributed by atoms with Crippen molar-refractivity contribution >= 4 is 65.2 Å². The van der Waals surface area contributed by atoms with Gasteiger partial charge in [-0.2, -0.15) is 0 Å². The highest BCUT2D eigenvalue weighted by Gasteiger charge is 2.17. The van der Waals surface area contributed by atoms with E-state index >= 15 is 0 Å². The van der Waals surface area contributed by atoms with E-state index in [0.717, 1.165) is 11.4 Å². The average Bonchev–Trinajstić information content (AvgIpc) is 3.81. The summed E-state index contributed by atoms with van der Waals surface area (Å²) in [6, 6.07) is 80.0. The molecule has 2 aromatic heterocycles. The fourth-order valence-corrected chi connectivity index (χ4v) is 9.40. The molecule has 12 aromatic rings. The molecule has 58 heavy (non-hydrogen) atoms. The molecule has 0 N–H and O–H groups in total. The molecule has 0 unspecified atom stereocenters. The summed E-state index contributed by atoms with van der Waals surface area (Å²) in [6.45, 7) is 0. The van der Waals surface area contributed by atoms with E-state index in [4.69, 9.17) is 0 Å². The van der Waals surface area contributed by atoms with E-state index in [1.807, 2.05) is 0 Å². The number of fused-ring (bicyclic) bond motifs is 8. The third kappa shape index (κ3) is 5.05. The Bertz CT molecular complexity index is 3300. The molecule has 2 nitrogen and oxygen atoms in total. The molecule has 2 heterocycles. The van der Waals surface area contributed by atoms with Gasteiger partial charge in [0.25, 0.3) is 0 Å². The van der Waals surface area contributed by atoms with Crippen molar-refractivity contribution in [2.45, 2.75) is 0 Å². The molecule has 2 heteroatoms. The first-order valence-corrected chi connectivity index (χ1v) is 20.0. The monoisotopic (exact) mass is 736 g/mol. The Labute approximate surface area is 336 Å². The topological polar surface area (TPSA) is 9.86 Å². The molecule has 0 aliphatic rings. The van der Waals surface area contributed by atoms with Gasteiger partial charge in [0, 0.05) is 32.9 Å². The molecule has 10 aromatic carbocycles. The lowest BCUT2D eigenvalue weighted by Crippen LogP contribution is -1.94. The molecule has 0 saturated heterocycles. The summed E-state index contributed by atoms with van der Waals surface area (Å²) < 4.78 is 4.81. The van der Waals surface area contributed by atoms with Crippen molar-refractivity contribution in [2.75, 3.05) is 0 Å². The van der Waals surface area contributed by atoms with Crippen molar-refractivity contribution in [2.24, 2.45) is 0 Å². The summed E-state index contributed by atoms with van der Waals surface area (Å²) in [5, 5.41) is 10.1. The molecule has 0 amide bonds. The highest BCUT2D eigenvalue weighted by atomic mass is 15.0. The summed E-state index contributed by atoms with van der Waals surface area (Å²) >= 11 is 0. The Morgan fingerprint density at radius 3 is 1.02 bits per heavy atom. The van der Waals surface area contributed by atoms with E-state index < -0.39 is 0 Å². The minimum absolute atomic E-state index is 1.15. The summed E-state index contributed by atoms with van der Waals surface area (Å²) in [4.78, 5) is 0. The Morgan fingerprint density at radius 2 is 0.569 bits per heavy atom. The van der Waals surface area contributed by atoms with E-state index in [0.29, 0.717) is 0 Å². The number of hydrogen-bond donors (Lipinski definition) is 0. The molecule has 0 aliphatic carbocycles. The van der Waals surface area contributed by atoms with Gasteiger partial charge in [-0.05, 0) is 116 Å². The number of nitrogens with zero attached hydrogens (tertiary/aromatic N) is 2. The van der Waals surface area contributed by atoms with Gasteiger partial charge in [-0.1, -0.05) is 158 Å². The van der Waals surface area contributed by atoms with Gasteiger partial charge < -0.3 is 9.13 Å². The number of aromatic nitrogens is 2. The van der Waals surface area contributed by atoms with Crippen molar-refractivity contribution in [1.82, 2.24) is 9.13 Å². The number of rotatable bonds is 5. The molecule has 0 spiro atoms. The van der Waals surface area contributed by atoms with E-state index in [2.05, 4.69) is 228 Å². The summed E-state index contributed by atoms with van der Waals surface area (Å²) in [7, 11) is 0. The van der Waals surface area contributed by atoms with Crippen LogP contribution >= 0.6 is 0 Å². The van der Waals surface area contributed by atoms with Crippen molar-refractivity contribution in [3.63, 3.8) is 0 Å². The highest BCUT2D eigenvalue weighted by Crippen LogP contribution is 2.39. The van der Waals surface area contributed by atoms with Gasteiger partial charge in [-0.3, -0.25) is 0 Å². The third-order valence-corrected chi connectivity index (χ3v) is 12.1. The van der Waals surface area contributed by atoms with E-state index in [-0.39, 0.29) is 0 Å². The maximum Gasteiger partial charge on any atom is 0.0541 e. The minimum Gasteiger partial charge on any atom is -0.309 e. The zero-order chi connectivity index (χ0) is 38.2. The Hall–Kier alpha value is -7.68. The number of hydrogen-bond acceptors (Lipinski definition) is 0. The van der Waals surface area contributed by atoms with Crippen molar-refractivity contribution in [1.29, 1.82) is 0 Å². The number of para-hydroxylation sites is 2. The fourth-order valence-electron chi connectivity index (χ4n) is 9.40. The van der Waals surface area contributed by atoms with E-state index in [1.165, 1.54) is 98.5 Å². The van der Waals surface area contributed by atoms with Gasteiger partial charge in [0.1, 0.15) is 0 Å². The van der Waals surface area contributed by atoms with Crippen molar-refractivity contribution in [3.05, 3.63) is 218 Å². The smallest absolute Gasteiger partial charge is 0.0541 e. The van der Waals surface area contributed by atoms with Crippen LogP contribution in [0.3, 0.4) is 0 Å². The van der Waals surface area contributed by atoms with Gasteiger partial charge in [-0.15, -0.1) is 0 Å². The van der Waals surface area contributed by atoms with Crippen LogP contribution < -0.4 is 0 Å². The van der Waals surface area contributed by atoms with Crippen LogP contribution in [0.25, 0.3) is 110 Å². The van der Waals surface area contributed by atoms with Crippen molar-refractivity contribution in [3.8, 4) is 44.8 Å². The second-order valence-electron chi connectivity index (χ2n) is 15.3. The van der Waals surface area contributed by atoms with Crippen LogP contribution in [0.15, 0.2) is 218 Å². The lowest BCUT2D eigenvalue weighted by molar-refractivity contribution is 1.18. The standard InChI is InChI=1S/C56H36N2/c1-3-15-45-37(11-1)13-9-19-47(45)39-23-29-43(30-24-39)57-53-21-7-5-17-49(53)51-35-41(27-33-55(51)57)42-28-34-56-52(36-42)50-18-6-8-22-54(50)58(56)44-31-25-40(26-32-44)48-20-10-14-38-12-2-4-16-46(38)48/h1-36H. The first-order valence-electron chi connectivity index (χ1n) is 20.0.